The smallest absolute Gasteiger partial charge is 0.244 e. The number of methoxy groups -OCH3 is 2. The van der Waals surface area contributed by atoms with Crippen LogP contribution in [0.25, 0.3) is 0 Å². The zero-order valence-electron chi connectivity index (χ0n) is 21.6. The van der Waals surface area contributed by atoms with Crippen LogP contribution in [0.2, 0.25) is 10.0 Å². The first-order valence-electron chi connectivity index (χ1n) is 11.7. The highest BCUT2D eigenvalue weighted by Crippen LogP contribution is 2.33. The second-order valence-electron chi connectivity index (χ2n) is 8.25. The fourth-order valence-corrected chi connectivity index (χ4v) is 5.09. The minimum Gasteiger partial charge on any atom is -0.493 e. The van der Waals surface area contributed by atoms with E-state index < -0.39 is 28.5 Å². The molecular formula is C25H33Cl2N3O6S. The molecule has 1 atom stereocenters. The summed E-state index contributed by atoms with van der Waals surface area (Å²) in [5.41, 5.74) is 0.658. The lowest BCUT2D eigenvalue weighted by molar-refractivity contribution is -0.140. The van der Waals surface area contributed by atoms with Crippen molar-refractivity contribution in [1.82, 2.24) is 10.2 Å². The SMILES string of the molecule is CCCNC(=O)[C@@H](CC)N(Cc1c(Cl)cccc1Cl)C(=O)CN(c1ccc(OC)c(OC)c1)S(C)(=O)=O. The topological polar surface area (TPSA) is 105 Å². The normalized spacial score (nSPS) is 12.0. The van der Waals surface area contributed by atoms with Crippen LogP contribution in [0.3, 0.4) is 0 Å². The maximum Gasteiger partial charge on any atom is 0.244 e. The third-order valence-electron chi connectivity index (χ3n) is 5.66. The summed E-state index contributed by atoms with van der Waals surface area (Å²) < 4.78 is 37.1. The van der Waals surface area contributed by atoms with Crippen molar-refractivity contribution in [3.8, 4) is 11.5 Å². The van der Waals surface area contributed by atoms with E-state index in [-0.39, 0.29) is 18.1 Å². The van der Waals surface area contributed by atoms with Gasteiger partial charge in [0.05, 0.1) is 26.2 Å². The van der Waals surface area contributed by atoms with Crippen molar-refractivity contribution in [2.45, 2.75) is 39.3 Å². The van der Waals surface area contributed by atoms with E-state index in [4.69, 9.17) is 32.7 Å². The molecule has 2 aromatic carbocycles. The van der Waals surface area contributed by atoms with Crippen molar-refractivity contribution in [3.05, 3.63) is 52.0 Å². The van der Waals surface area contributed by atoms with Gasteiger partial charge in [0, 0.05) is 34.8 Å². The van der Waals surface area contributed by atoms with E-state index in [2.05, 4.69) is 5.32 Å². The third-order valence-corrected chi connectivity index (χ3v) is 7.51. The van der Waals surface area contributed by atoms with Gasteiger partial charge in [-0.1, -0.05) is 43.1 Å². The molecule has 12 heteroatoms. The number of halogens is 2. The Kier molecular flexibility index (Phi) is 11.3. The highest BCUT2D eigenvalue weighted by molar-refractivity contribution is 7.92. The van der Waals surface area contributed by atoms with Crippen molar-refractivity contribution in [3.63, 3.8) is 0 Å². The number of rotatable bonds is 13. The molecule has 2 amide bonds. The summed E-state index contributed by atoms with van der Waals surface area (Å²) in [4.78, 5) is 28.1. The average Bonchev–Trinajstić information content (AvgIpc) is 2.86. The average molecular weight is 575 g/mol. The molecule has 0 aliphatic rings. The lowest BCUT2D eigenvalue weighted by Crippen LogP contribution is -2.52. The standard InChI is InChI=1S/C25H33Cl2N3O6S/c1-6-13-28-25(32)21(7-2)29(15-18-19(26)9-8-10-20(18)27)24(31)16-30(37(5,33)34)17-11-12-22(35-3)23(14-17)36-4/h8-12,14,21H,6-7,13,15-16H2,1-5H3,(H,28,32)/t21-/m1/s1. The number of ether oxygens (including phenoxy) is 2. The van der Waals surface area contributed by atoms with Crippen LogP contribution in [0.4, 0.5) is 5.69 Å². The van der Waals surface area contributed by atoms with Crippen molar-refractivity contribution in [2.24, 2.45) is 0 Å². The molecule has 37 heavy (non-hydrogen) atoms. The van der Waals surface area contributed by atoms with Crippen LogP contribution in [0.15, 0.2) is 36.4 Å². The molecule has 1 N–H and O–H groups in total. The van der Waals surface area contributed by atoms with Gasteiger partial charge < -0.3 is 19.7 Å². The van der Waals surface area contributed by atoms with Gasteiger partial charge in [0.1, 0.15) is 12.6 Å². The summed E-state index contributed by atoms with van der Waals surface area (Å²) in [5.74, 6) is -0.251. The summed E-state index contributed by atoms with van der Waals surface area (Å²) >= 11 is 12.7. The van der Waals surface area contributed by atoms with Gasteiger partial charge in [-0.2, -0.15) is 0 Å². The molecule has 0 radical (unpaired) electrons. The van der Waals surface area contributed by atoms with Gasteiger partial charge in [-0.15, -0.1) is 0 Å². The Morgan fingerprint density at radius 2 is 1.65 bits per heavy atom. The molecule has 204 valence electrons. The molecule has 2 aromatic rings. The Morgan fingerprint density at radius 3 is 2.16 bits per heavy atom. The predicted octanol–water partition coefficient (Wildman–Crippen LogP) is 4.11. The molecule has 0 aliphatic heterocycles. The highest BCUT2D eigenvalue weighted by Gasteiger charge is 2.32. The van der Waals surface area contributed by atoms with E-state index in [0.29, 0.717) is 46.5 Å². The van der Waals surface area contributed by atoms with E-state index >= 15 is 0 Å². The van der Waals surface area contributed by atoms with Crippen LogP contribution in [0.5, 0.6) is 11.5 Å². The maximum atomic E-state index is 13.8. The van der Waals surface area contributed by atoms with Crippen LogP contribution in [0.1, 0.15) is 32.3 Å². The quantitative estimate of drug-likeness (QED) is 0.386. The molecule has 0 fully saturated rings. The third kappa shape index (κ3) is 7.90. The lowest BCUT2D eigenvalue weighted by Gasteiger charge is -2.33. The summed E-state index contributed by atoms with van der Waals surface area (Å²) in [5, 5.41) is 3.47. The van der Waals surface area contributed by atoms with Gasteiger partial charge in [-0.25, -0.2) is 8.42 Å². The number of carbonyl (C=O) groups is 2. The van der Waals surface area contributed by atoms with E-state index in [1.54, 1.807) is 31.2 Å². The van der Waals surface area contributed by atoms with Gasteiger partial charge in [-0.3, -0.25) is 13.9 Å². The number of amides is 2. The van der Waals surface area contributed by atoms with Gasteiger partial charge in [0.2, 0.25) is 21.8 Å². The maximum absolute atomic E-state index is 13.8. The molecule has 9 nitrogen and oxygen atoms in total. The fourth-order valence-electron chi connectivity index (χ4n) is 3.73. The molecule has 0 saturated heterocycles. The number of nitrogens with one attached hydrogen (secondary N) is 1. The Labute approximate surface area is 228 Å². The van der Waals surface area contributed by atoms with Gasteiger partial charge >= 0.3 is 0 Å². The first kappa shape index (κ1) is 30.5. The summed E-state index contributed by atoms with van der Waals surface area (Å²) in [6, 6.07) is 8.59. The number of nitrogens with zero attached hydrogens (tertiary/aromatic N) is 2. The van der Waals surface area contributed by atoms with Gasteiger partial charge in [-0.05, 0) is 37.1 Å². The Bertz CT molecular complexity index is 1190. The van der Waals surface area contributed by atoms with E-state index in [1.165, 1.54) is 31.3 Å². The van der Waals surface area contributed by atoms with Crippen molar-refractivity contribution >= 4 is 50.7 Å². The summed E-state index contributed by atoms with van der Waals surface area (Å²) in [7, 11) is -1.03. The Balaban J connectivity index is 2.53. The fraction of sp³-hybridized carbons (Fsp3) is 0.440. The second-order valence-corrected chi connectivity index (χ2v) is 11.0. The number of anilines is 1. The van der Waals surface area contributed by atoms with Crippen LogP contribution in [-0.2, 0) is 26.2 Å². The zero-order chi connectivity index (χ0) is 27.8. The minimum atomic E-state index is -3.91. The molecule has 0 aromatic heterocycles. The van der Waals surface area contributed by atoms with Crippen LogP contribution in [0, 0.1) is 0 Å². The van der Waals surface area contributed by atoms with Gasteiger partial charge in [0.15, 0.2) is 11.5 Å². The molecule has 2 rings (SSSR count). The number of sulfonamides is 1. The molecule has 0 spiro atoms. The number of hydrogen-bond donors (Lipinski definition) is 1. The summed E-state index contributed by atoms with van der Waals surface area (Å²) in [6.07, 6.45) is 2.00. The molecule has 0 bridgehead atoms. The highest BCUT2D eigenvalue weighted by atomic mass is 35.5. The van der Waals surface area contributed by atoms with Crippen molar-refractivity contribution in [2.75, 3.05) is 37.9 Å². The number of hydrogen-bond acceptors (Lipinski definition) is 6. The largest absolute Gasteiger partial charge is 0.493 e. The number of carbonyl (C=O) groups excluding carboxylic acids is 2. The van der Waals surface area contributed by atoms with Gasteiger partial charge in [0.25, 0.3) is 0 Å². The van der Waals surface area contributed by atoms with Crippen molar-refractivity contribution < 1.29 is 27.5 Å². The first-order chi connectivity index (χ1) is 17.5. The number of benzene rings is 2. The van der Waals surface area contributed by atoms with Crippen LogP contribution < -0.4 is 19.1 Å². The molecular weight excluding hydrogens is 541 g/mol. The molecule has 0 heterocycles. The van der Waals surface area contributed by atoms with E-state index in [0.717, 1.165) is 10.6 Å². The van der Waals surface area contributed by atoms with Crippen LogP contribution in [-0.4, -0.2) is 64.7 Å². The van der Waals surface area contributed by atoms with E-state index in [1.807, 2.05) is 6.92 Å². The predicted molar refractivity (Wildman–Crippen MR) is 146 cm³/mol. The van der Waals surface area contributed by atoms with E-state index in [9.17, 15) is 18.0 Å². The summed E-state index contributed by atoms with van der Waals surface area (Å²) in [6.45, 7) is 3.48. The lowest BCUT2D eigenvalue weighted by atomic mass is 10.1. The minimum absolute atomic E-state index is 0.0844. The molecule has 0 aliphatic carbocycles. The Hall–Kier alpha value is -2.69. The van der Waals surface area contributed by atoms with Crippen molar-refractivity contribution in [1.29, 1.82) is 0 Å². The Morgan fingerprint density at radius 1 is 1.03 bits per heavy atom. The van der Waals surface area contributed by atoms with Crippen LogP contribution >= 0.6 is 23.2 Å². The first-order valence-corrected chi connectivity index (χ1v) is 14.3. The molecule has 0 unspecified atom stereocenters. The monoisotopic (exact) mass is 573 g/mol. The second kappa shape index (κ2) is 13.7. The zero-order valence-corrected chi connectivity index (χ0v) is 23.9. The molecule has 0 saturated carbocycles.